The highest BCUT2D eigenvalue weighted by atomic mass is 35.5. The van der Waals surface area contributed by atoms with E-state index in [-0.39, 0.29) is 28.8 Å². The van der Waals surface area contributed by atoms with Crippen molar-refractivity contribution in [3.8, 4) is 5.69 Å². The number of benzene rings is 2. The van der Waals surface area contributed by atoms with E-state index in [0.717, 1.165) is 0 Å². The zero-order valence-corrected chi connectivity index (χ0v) is 17.8. The Morgan fingerprint density at radius 1 is 1.06 bits per heavy atom. The van der Waals surface area contributed by atoms with Gasteiger partial charge < -0.3 is 10.2 Å². The van der Waals surface area contributed by atoms with Crippen molar-refractivity contribution in [2.75, 3.05) is 13.1 Å². The van der Waals surface area contributed by atoms with Crippen LogP contribution in [0.2, 0.25) is 5.15 Å². The van der Waals surface area contributed by atoms with Crippen LogP contribution in [0.3, 0.4) is 0 Å². The van der Waals surface area contributed by atoms with Crippen LogP contribution >= 0.6 is 11.6 Å². The molecule has 3 aromatic rings. The summed E-state index contributed by atoms with van der Waals surface area (Å²) in [7, 11) is 0. The first kappa shape index (κ1) is 21.1. The lowest BCUT2D eigenvalue weighted by Gasteiger charge is -2.32. The van der Waals surface area contributed by atoms with E-state index in [1.54, 1.807) is 36.1 Å². The summed E-state index contributed by atoms with van der Waals surface area (Å²) in [5.41, 5.74) is 2.06. The Kier molecular flexibility index (Phi) is 6.04. The molecule has 2 heterocycles. The normalized spacial score (nSPS) is 14.5. The van der Waals surface area contributed by atoms with E-state index in [1.807, 2.05) is 18.2 Å². The minimum Gasteiger partial charge on any atom is -0.349 e. The van der Waals surface area contributed by atoms with Crippen LogP contribution in [0.4, 0.5) is 4.39 Å². The maximum absolute atomic E-state index is 13.2. The summed E-state index contributed by atoms with van der Waals surface area (Å²) in [5, 5.41) is 7.61. The Balaban J connectivity index is 1.42. The number of aromatic nitrogens is 2. The second-order valence-electron chi connectivity index (χ2n) is 7.55. The molecule has 0 spiro atoms. The number of amides is 2. The number of halogens is 2. The van der Waals surface area contributed by atoms with E-state index >= 15 is 0 Å². The number of likely N-dealkylation sites (tertiary alicyclic amines) is 1. The van der Waals surface area contributed by atoms with E-state index in [0.29, 0.717) is 48.4 Å². The van der Waals surface area contributed by atoms with Crippen molar-refractivity contribution in [2.45, 2.75) is 25.8 Å². The first-order chi connectivity index (χ1) is 14.9. The average Bonchev–Trinajstić information content (AvgIpc) is 3.08. The summed E-state index contributed by atoms with van der Waals surface area (Å²) in [6.45, 7) is 2.75. The van der Waals surface area contributed by atoms with Crippen molar-refractivity contribution < 1.29 is 14.0 Å². The third kappa shape index (κ3) is 4.46. The molecular weight excluding hydrogens is 419 g/mol. The topological polar surface area (TPSA) is 67.2 Å². The van der Waals surface area contributed by atoms with E-state index in [2.05, 4.69) is 10.4 Å². The highest BCUT2D eigenvalue weighted by molar-refractivity contribution is 6.33. The highest BCUT2D eigenvalue weighted by Crippen LogP contribution is 2.26. The van der Waals surface area contributed by atoms with Crippen molar-refractivity contribution in [3.63, 3.8) is 0 Å². The fourth-order valence-corrected chi connectivity index (χ4v) is 4.09. The number of nitrogens with zero attached hydrogens (tertiary/aromatic N) is 3. The van der Waals surface area contributed by atoms with E-state index in [4.69, 9.17) is 11.6 Å². The Morgan fingerprint density at radius 3 is 2.35 bits per heavy atom. The van der Waals surface area contributed by atoms with Crippen LogP contribution in [0.15, 0.2) is 54.6 Å². The Hall–Kier alpha value is -3.19. The fraction of sp³-hybridized carbons (Fsp3) is 0.261. The predicted octanol–water partition coefficient (Wildman–Crippen LogP) is 4.01. The van der Waals surface area contributed by atoms with Gasteiger partial charge in [-0.25, -0.2) is 9.07 Å². The largest absolute Gasteiger partial charge is 0.349 e. The molecule has 4 rings (SSSR count). The third-order valence-electron chi connectivity index (χ3n) is 5.44. The molecule has 1 aliphatic heterocycles. The van der Waals surface area contributed by atoms with E-state index < -0.39 is 0 Å². The second-order valence-corrected chi connectivity index (χ2v) is 7.90. The highest BCUT2D eigenvalue weighted by Gasteiger charge is 2.29. The molecule has 8 heteroatoms. The maximum atomic E-state index is 13.2. The smallest absolute Gasteiger partial charge is 0.258 e. The quantitative estimate of drug-likeness (QED) is 0.666. The van der Waals surface area contributed by atoms with Crippen LogP contribution in [-0.4, -0.2) is 45.6 Å². The van der Waals surface area contributed by atoms with Crippen LogP contribution in [0.5, 0.6) is 0 Å². The molecule has 1 N–H and O–H groups in total. The lowest BCUT2D eigenvalue weighted by Crippen LogP contribution is -2.46. The Bertz CT molecular complexity index is 1090. The zero-order valence-electron chi connectivity index (χ0n) is 17.0. The molecule has 2 amide bonds. The number of carbonyl (C=O) groups excluding carboxylic acids is 2. The van der Waals surface area contributed by atoms with Gasteiger partial charge in [0.1, 0.15) is 11.0 Å². The molecule has 0 aliphatic carbocycles. The van der Waals surface area contributed by atoms with Crippen LogP contribution in [0.1, 0.15) is 39.3 Å². The molecule has 0 bridgehead atoms. The van der Waals surface area contributed by atoms with Gasteiger partial charge in [-0.3, -0.25) is 9.59 Å². The summed E-state index contributed by atoms with van der Waals surface area (Å²) >= 11 is 6.49. The molecule has 1 fully saturated rings. The molecular formula is C23H22ClFN4O2. The van der Waals surface area contributed by atoms with Gasteiger partial charge in [-0.2, -0.15) is 5.10 Å². The third-order valence-corrected chi connectivity index (χ3v) is 5.79. The number of hydrogen-bond acceptors (Lipinski definition) is 3. The number of nitrogens with one attached hydrogen (secondary N) is 1. The van der Waals surface area contributed by atoms with Crippen LogP contribution < -0.4 is 5.32 Å². The minimum absolute atomic E-state index is 0.00950. The van der Waals surface area contributed by atoms with Gasteiger partial charge in [-0.05, 0) is 56.2 Å². The fourth-order valence-electron chi connectivity index (χ4n) is 3.74. The summed E-state index contributed by atoms with van der Waals surface area (Å²) in [5.74, 6) is -0.657. The minimum atomic E-state index is -0.359. The van der Waals surface area contributed by atoms with Crippen molar-refractivity contribution in [1.82, 2.24) is 20.0 Å². The van der Waals surface area contributed by atoms with Crippen molar-refractivity contribution in [2.24, 2.45) is 0 Å². The lowest BCUT2D eigenvalue weighted by molar-refractivity contribution is 0.0697. The van der Waals surface area contributed by atoms with Gasteiger partial charge in [-0.15, -0.1) is 0 Å². The first-order valence-corrected chi connectivity index (χ1v) is 10.5. The van der Waals surface area contributed by atoms with Crippen molar-refractivity contribution in [1.29, 1.82) is 0 Å². The Morgan fingerprint density at radius 2 is 1.71 bits per heavy atom. The van der Waals surface area contributed by atoms with E-state index in [1.165, 1.54) is 16.8 Å². The summed E-state index contributed by atoms with van der Waals surface area (Å²) in [6, 6.07) is 14.8. The summed E-state index contributed by atoms with van der Waals surface area (Å²) in [4.78, 5) is 27.2. The molecule has 1 aromatic heterocycles. The van der Waals surface area contributed by atoms with Crippen LogP contribution in [0, 0.1) is 12.7 Å². The monoisotopic (exact) mass is 440 g/mol. The van der Waals surface area contributed by atoms with Gasteiger partial charge in [0.25, 0.3) is 11.8 Å². The number of carbonyl (C=O) groups is 2. The van der Waals surface area contributed by atoms with Gasteiger partial charge in [-0.1, -0.05) is 29.8 Å². The lowest BCUT2D eigenvalue weighted by atomic mass is 10.0. The predicted molar refractivity (Wildman–Crippen MR) is 116 cm³/mol. The summed E-state index contributed by atoms with van der Waals surface area (Å²) < 4.78 is 14.7. The molecule has 160 valence electrons. The van der Waals surface area contributed by atoms with Crippen LogP contribution in [-0.2, 0) is 0 Å². The molecule has 2 aromatic carbocycles. The number of aryl methyl sites for hydroxylation is 1. The number of piperidine rings is 1. The SMILES string of the molecule is Cc1nn(-c2ccc(F)cc2)c(Cl)c1C(=O)N1CCC(NC(=O)c2ccccc2)CC1. The second kappa shape index (κ2) is 8.89. The molecule has 0 radical (unpaired) electrons. The Labute approximate surface area is 184 Å². The standard InChI is InChI=1S/C23H22ClFN4O2/c1-15-20(21(24)29(27-15)19-9-7-17(25)8-10-19)23(31)28-13-11-18(12-14-28)26-22(30)16-5-3-2-4-6-16/h2-10,18H,11-14H2,1H3,(H,26,30). The van der Waals surface area contributed by atoms with Gasteiger partial charge >= 0.3 is 0 Å². The van der Waals surface area contributed by atoms with Crippen LogP contribution in [0.25, 0.3) is 5.69 Å². The van der Waals surface area contributed by atoms with Gasteiger partial charge in [0.05, 0.1) is 16.9 Å². The molecule has 0 unspecified atom stereocenters. The molecule has 1 aliphatic rings. The average molecular weight is 441 g/mol. The molecule has 1 saturated heterocycles. The molecule has 0 atom stereocenters. The van der Waals surface area contributed by atoms with Crippen molar-refractivity contribution in [3.05, 3.63) is 82.4 Å². The summed E-state index contributed by atoms with van der Waals surface area (Å²) in [6.07, 6.45) is 1.32. The van der Waals surface area contributed by atoms with E-state index in [9.17, 15) is 14.0 Å². The zero-order chi connectivity index (χ0) is 22.0. The van der Waals surface area contributed by atoms with Gasteiger partial charge in [0.2, 0.25) is 0 Å². The molecule has 0 saturated carbocycles. The first-order valence-electron chi connectivity index (χ1n) is 10.1. The van der Waals surface area contributed by atoms with Gasteiger partial charge in [0.15, 0.2) is 0 Å². The molecule has 6 nitrogen and oxygen atoms in total. The van der Waals surface area contributed by atoms with Gasteiger partial charge in [0, 0.05) is 24.7 Å². The number of hydrogen-bond donors (Lipinski definition) is 1. The molecule has 31 heavy (non-hydrogen) atoms. The maximum Gasteiger partial charge on any atom is 0.258 e. The number of rotatable bonds is 4. The van der Waals surface area contributed by atoms with Crippen molar-refractivity contribution >= 4 is 23.4 Å².